The summed E-state index contributed by atoms with van der Waals surface area (Å²) in [6.45, 7) is 3.44. The van der Waals surface area contributed by atoms with Gasteiger partial charge in [0.25, 0.3) is 0 Å². The first-order valence-electron chi connectivity index (χ1n) is 5.79. The SMILES string of the molecule is CC(C)[C@@H](CO)Nc1ccccc1S(=O)(=O)C(F)F. The number of rotatable bonds is 6. The summed E-state index contributed by atoms with van der Waals surface area (Å²) in [5.74, 6) is -3.45. The fraction of sp³-hybridized carbons (Fsp3) is 0.500. The monoisotopic (exact) mass is 293 g/mol. The fourth-order valence-corrected chi connectivity index (χ4v) is 2.45. The molecule has 0 amide bonds. The van der Waals surface area contributed by atoms with Gasteiger partial charge in [-0.3, -0.25) is 0 Å². The number of aliphatic hydroxyl groups excluding tert-OH is 1. The zero-order valence-corrected chi connectivity index (χ0v) is 11.5. The first kappa shape index (κ1) is 15.8. The molecule has 0 saturated carbocycles. The Morgan fingerprint density at radius 2 is 1.84 bits per heavy atom. The molecule has 0 heterocycles. The van der Waals surface area contributed by atoms with Crippen LogP contribution in [0.3, 0.4) is 0 Å². The molecule has 0 radical (unpaired) electrons. The van der Waals surface area contributed by atoms with E-state index in [0.717, 1.165) is 6.07 Å². The van der Waals surface area contributed by atoms with Gasteiger partial charge in [0, 0.05) is 0 Å². The third kappa shape index (κ3) is 3.63. The Morgan fingerprint density at radius 1 is 1.26 bits per heavy atom. The van der Waals surface area contributed by atoms with Gasteiger partial charge in [-0.2, -0.15) is 8.78 Å². The number of para-hydroxylation sites is 1. The van der Waals surface area contributed by atoms with E-state index in [9.17, 15) is 22.3 Å². The molecule has 0 saturated heterocycles. The summed E-state index contributed by atoms with van der Waals surface area (Å²) in [4.78, 5) is -0.455. The van der Waals surface area contributed by atoms with E-state index < -0.39 is 26.5 Å². The molecule has 0 aliphatic rings. The Labute approximate surface area is 111 Å². The molecule has 0 spiro atoms. The van der Waals surface area contributed by atoms with Crippen LogP contribution in [0.15, 0.2) is 29.2 Å². The van der Waals surface area contributed by atoms with E-state index >= 15 is 0 Å². The van der Waals surface area contributed by atoms with Crippen molar-refractivity contribution in [3.05, 3.63) is 24.3 Å². The molecule has 0 aromatic heterocycles. The summed E-state index contributed by atoms with van der Waals surface area (Å²) < 4.78 is 48.3. The van der Waals surface area contributed by atoms with Crippen molar-refractivity contribution in [1.82, 2.24) is 0 Å². The number of anilines is 1. The van der Waals surface area contributed by atoms with Gasteiger partial charge in [-0.15, -0.1) is 0 Å². The first-order chi connectivity index (χ1) is 8.80. The molecule has 4 nitrogen and oxygen atoms in total. The normalized spacial score (nSPS) is 13.8. The van der Waals surface area contributed by atoms with Crippen LogP contribution in [-0.2, 0) is 9.84 Å². The van der Waals surface area contributed by atoms with Crippen molar-refractivity contribution in [2.45, 2.75) is 30.5 Å². The molecule has 0 aliphatic carbocycles. The molecule has 7 heteroatoms. The number of sulfone groups is 1. The minimum absolute atomic E-state index is 0.0207. The van der Waals surface area contributed by atoms with Crippen LogP contribution in [0.4, 0.5) is 14.5 Å². The number of aliphatic hydroxyl groups is 1. The van der Waals surface area contributed by atoms with Gasteiger partial charge in [-0.05, 0) is 18.1 Å². The van der Waals surface area contributed by atoms with Crippen LogP contribution in [-0.4, -0.2) is 31.9 Å². The van der Waals surface area contributed by atoms with Crippen molar-refractivity contribution in [1.29, 1.82) is 0 Å². The lowest BCUT2D eigenvalue weighted by Crippen LogP contribution is -2.30. The maximum absolute atomic E-state index is 12.6. The topological polar surface area (TPSA) is 66.4 Å². The standard InChI is InChI=1S/C12H17F2NO3S/c1-8(2)10(7-16)15-9-5-3-4-6-11(9)19(17,18)12(13)14/h3-6,8,10,12,15-16H,7H2,1-2H3/t10-/m1/s1. The van der Waals surface area contributed by atoms with E-state index in [1.165, 1.54) is 12.1 Å². The molecular formula is C12H17F2NO3S. The van der Waals surface area contributed by atoms with Gasteiger partial charge in [-0.25, -0.2) is 8.42 Å². The average Bonchev–Trinajstić information content (AvgIpc) is 2.35. The summed E-state index contributed by atoms with van der Waals surface area (Å²) in [5.41, 5.74) is 0.0792. The minimum atomic E-state index is -4.66. The van der Waals surface area contributed by atoms with Crippen LogP contribution < -0.4 is 5.32 Å². The molecule has 1 aromatic carbocycles. The zero-order chi connectivity index (χ0) is 14.6. The Hall–Kier alpha value is -1.21. The first-order valence-corrected chi connectivity index (χ1v) is 7.33. The summed E-state index contributed by atoms with van der Waals surface area (Å²) in [7, 11) is -4.66. The number of nitrogens with one attached hydrogen (secondary N) is 1. The molecule has 0 unspecified atom stereocenters. The van der Waals surface area contributed by atoms with E-state index in [0.29, 0.717) is 0 Å². The van der Waals surface area contributed by atoms with Crippen molar-refractivity contribution >= 4 is 15.5 Å². The van der Waals surface area contributed by atoms with E-state index in [4.69, 9.17) is 0 Å². The van der Waals surface area contributed by atoms with Crippen molar-refractivity contribution < 1.29 is 22.3 Å². The average molecular weight is 293 g/mol. The smallest absolute Gasteiger partial charge is 0.341 e. The Balaban J connectivity index is 3.17. The zero-order valence-electron chi connectivity index (χ0n) is 10.7. The minimum Gasteiger partial charge on any atom is -0.394 e. The van der Waals surface area contributed by atoms with Crippen LogP contribution in [0.1, 0.15) is 13.8 Å². The van der Waals surface area contributed by atoms with Crippen molar-refractivity contribution in [2.75, 3.05) is 11.9 Å². The van der Waals surface area contributed by atoms with Crippen molar-refractivity contribution in [2.24, 2.45) is 5.92 Å². The largest absolute Gasteiger partial charge is 0.394 e. The molecule has 0 aliphatic heterocycles. The molecule has 1 atom stereocenters. The second-order valence-corrected chi connectivity index (χ2v) is 6.37. The highest BCUT2D eigenvalue weighted by molar-refractivity contribution is 7.91. The summed E-state index contributed by atoms with van der Waals surface area (Å²) in [5, 5.41) is 12.0. The lowest BCUT2D eigenvalue weighted by molar-refractivity contribution is 0.234. The summed E-state index contributed by atoms with van der Waals surface area (Å²) in [6.07, 6.45) is 0. The summed E-state index contributed by atoms with van der Waals surface area (Å²) >= 11 is 0. The van der Waals surface area contributed by atoms with Crippen LogP contribution in [0.25, 0.3) is 0 Å². The number of halogens is 2. The number of benzene rings is 1. The van der Waals surface area contributed by atoms with Crippen LogP contribution in [0.2, 0.25) is 0 Å². The van der Waals surface area contributed by atoms with Gasteiger partial charge in [-0.1, -0.05) is 26.0 Å². The quantitative estimate of drug-likeness (QED) is 0.843. The molecular weight excluding hydrogens is 276 g/mol. The van der Waals surface area contributed by atoms with Gasteiger partial charge in [0.2, 0.25) is 9.84 Å². The predicted octanol–water partition coefficient (Wildman–Crippen LogP) is 2.11. The molecule has 2 N–H and O–H groups in total. The maximum atomic E-state index is 12.6. The van der Waals surface area contributed by atoms with Crippen molar-refractivity contribution in [3.8, 4) is 0 Å². The number of alkyl halides is 2. The summed E-state index contributed by atoms with van der Waals surface area (Å²) in [6, 6.07) is 5.04. The highest BCUT2D eigenvalue weighted by Crippen LogP contribution is 2.27. The molecule has 1 rings (SSSR count). The predicted molar refractivity (Wildman–Crippen MR) is 69.0 cm³/mol. The third-order valence-electron chi connectivity index (χ3n) is 2.77. The highest BCUT2D eigenvalue weighted by atomic mass is 32.2. The molecule has 108 valence electrons. The maximum Gasteiger partial charge on any atom is 0.341 e. The van der Waals surface area contributed by atoms with Gasteiger partial charge in [0.1, 0.15) is 0 Å². The fourth-order valence-electron chi connectivity index (χ4n) is 1.55. The number of hydrogen-bond donors (Lipinski definition) is 2. The van der Waals surface area contributed by atoms with Crippen LogP contribution in [0.5, 0.6) is 0 Å². The Kier molecular flexibility index (Phi) is 5.25. The third-order valence-corrected chi connectivity index (χ3v) is 4.21. The Morgan fingerprint density at radius 3 is 2.32 bits per heavy atom. The van der Waals surface area contributed by atoms with Crippen LogP contribution in [0, 0.1) is 5.92 Å². The lowest BCUT2D eigenvalue weighted by Gasteiger charge is -2.22. The molecule has 19 heavy (non-hydrogen) atoms. The van der Waals surface area contributed by atoms with E-state index in [2.05, 4.69) is 5.32 Å². The molecule has 1 aromatic rings. The van der Waals surface area contributed by atoms with Crippen molar-refractivity contribution in [3.63, 3.8) is 0 Å². The van der Waals surface area contributed by atoms with Gasteiger partial charge >= 0.3 is 5.76 Å². The van der Waals surface area contributed by atoms with Gasteiger partial charge in [0.15, 0.2) is 0 Å². The van der Waals surface area contributed by atoms with E-state index in [1.54, 1.807) is 6.07 Å². The second kappa shape index (κ2) is 6.29. The number of hydrogen-bond acceptors (Lipinski definition) is 4. The van der Waals surface area contributed by atoms with Crippen LogP contribution >= 0.6 is 0 Å². The molecule has 0 fully saturated rings. The highest BCUT2D eigenvalue weighted by Gasteiger charge is 2.29. The lowest BCUT2D eigenvalue weighted by atomic mass is 10.1. The van der Waals surface area contributed by atoms with E-state index in [-0.39, 0.29) is 18.2 Å². The Bertz CT molecular complexity index is 517. The van der Waals surface area contributed by atoms with Gasteiger partial charge in [0.05, 0.1) is 23.2 Å². The second-order valence-electron chi connectivity index (χ2n) is 4.48. The van der Waals surface area contributed by atoms with E-state index in [1.807, 2.05) is 13.8 Å². The molecule has 0 bridgehead atoms. The van der Waals surface area contributed by atoms with Gasteiger partial charge < -0.3 is 10.4 Å².